The van der Waals surface area contributed by atoms with Crippen LogP contribution in [0.1, 0.15) is 44.6 Å². The van der Waals surface area contributed by atoms with Crippen molar-refractivity contribution in [1.29, 1.82) is 0 Å². The van der Waals surface area contributed by atoms with Gasteiger partial charge in [-0.25, -0.2) is 9.98 Å². The van der Waals surface area contributed by atoms with Crippen molar-refractivity contribution in [3.05, 3.63) is 40.3 Å². The van der Waals surface area contributed by atoms with Gasteiger partial charge >= 0.3 is 0 Å². The molecule has 6 heteroatoms. The van der Waals surface area contributed by atoms with Crippen molar-refractivity contribution in [3.63, 3.8) is 0 Å². The Labute approximate surface area is 161 Å². The van der Waals surface area contributed by atoms with Crippen LogP contribution in [0.3, 0.4) is 0 Å². The molecule has 26 heavy (non-hydrogen) atoms. The Kier molecular flexibility index (Phi) is 6.24. The van der Waals surface area contributed by atoms with E-state index in [1.807, 2.05) is 65.0 Å². The minimum Gasteiger partial charge on any atom is -0.439 e. The zero-order chi connectivity index (χ0) is 19.5. The van der Waals surface area contributed by atoms with Crippen molar-refractivity contribution in [2.24, 2.45) is 4.99 Å². The van der Waals surface area contributed by atoms with Crippen molar-refractivity contribution >= 4 is 23.6 Å². The van der Waals surface area contributed by atoms with Crippen LogP contribution in [0.15, 0.2) is 23.2 Å². The second-order valence-electron chi connectivity index (χ2n) is 7.43. The Morgan fingerprint density at radius 3 is 2.46 bits per heavy atom. The molecule has 0 amide bonds. The van der Waals surface area contributed by atoms with Crippen LogP contribution in [0.5, 0.6) is 11.6 Å². The van der Waals surface area contributed by atoms with Crippen molar-refractivity contribution in [2.45, 2.75) is 47.0 Å². The van der Waals surface area contributed by atoms with Gasteiger partial charge in [0.2, 0.25) is 5.88 Å². The summed E-state index contributed by atoms with van der Waals surface area (Å²) in [5.41, 5.74) is 2.72. The summed E-state index contributed by atoms with van der Waals surface area (Å²) in [4.78, 5) is 15.4. The zero-order valence-corrected chi connectivity index (χ0v) is 17.3. The maximum atomic E-state index is 6.15. The first-order chi connectivity index (χ1) is 12.1. The van der Waals surface area contributed by atoms with E-state index in [9.17, 15) is 0 Å². The van der Waals surface area contributed by atoms with Crippen molar-refractivity contribution in [3.8, 4) is 11.6 Å². The molecular weight excluding hydrogens is 348 g/mol. The fourth-order valence-electron chi connectivity index (χ4n) is 2.16. The van der Waals surface area contributed by atoms with E-state index in [0.29, 0.717) is 16.9 Å². The molecule has 1 aromatic carbocycles. The maximum absolute atomic E-state index is 6.15. The minimum atomic E-state index is -0.210. The van der Waals surface area contributed by atoms with Gasteiger partial charge in [-0.15, -0.1) is 0 Å². The lowest BCUT2D eigenvalue weighted by Crippen LogP contribution is -2.16. The number of halogens is 1. The van der Waals surface area contributed by atoms with Gasteiger partial charge < -0.3 is 9.64 Å². The Balaban J connectivity index is 2.32. The molecule has 0 aliphatic carbocycles. The lowest BCUT2D eigenvalue weighted by Gasteiger charge is -2.18. The van der Waals surface area contributed by atoms with Crippen molar-refractivity contribution in [1.82, 2.24) is 14.9 Å². The Morgan fingerprint density at radius 1 is 1.15 bits per heavy atom. The predicted octanol–water partition coefficient (Wildman–Crippen LogP) is 5.45. The van der Waals surface area contributed by atoms with Crippen molar-refractivity contribution in [2.75, 3.05) is 13.6 Å². The first-order valence-corrected chi connectivity index (χ1v) is 9.06. The van der Waals surface area contributed by atoms with E-state index in [1.165, 1.54) is 0 Å². The van der Waals surface area contributed by atoms with E-state index in [1.54, 1.807) is 6.07 Å². The summed E-state index contributed by atoms with van der Waals surface area (Å²) in [7, 11) is 1.99. The molecule has 0 aliphatic rings. The first kappa shape index (κ1) is 20.2. The second-order valence-corrected chi connectivity index (χ2v) is 7.81. The smallest absolute Gasteiger partial charge is 0.224 e. The quantitative estimate of drug-likeness (QED) is 0.396. The van der Waals surface area contributed by atoms with Gasteiger partial charge in [-0.05, 0) is 44.0 Å². The van der Waals surface area contributed by atoms with Gasteiger partial charge in [-0.2, -0.15) is 4.98 Å². The van der Waals surface area contributed by atoms with Crippen LogP contribution in [-0.4, -0.2) is 34.8 Å². The molecule has 0 spiro atoms. The van der Waals surface area contributed by atoms with E-state index >= 15 is 0 Å². The number of hydrogen-bond donors (Lipinski definition) is 0. The van der Waals surface area contributed by atoms with E-state index in [4.69, 9.17) is 16.3 Å². The van der Waals surface area contributed by atoms with Crippen LogP contribution in [0.25, 0.3) is 0 Å². The van der Waals surface area contributed by atoms with Crippen LogP contribution in [0.2, 0.25) is 5.15 Å². The fourth-order valence-corrected chi connectivity index (χ4v) is 2.34. The van der Waals surface area contributed by atoms with Crippen LogP contribution in [0.4, 0.5) is 5.69 Å². The van der Waals surface area contributed by atoms with Gasteiger partial charge in [-0.1, -0.05) is 32.4 Å². The number of hydrogen-bond acceptors (Lipinski definition) is 4. The number of aryl methyl sites for hydroxylation is 2. The van der Waals surface area contributed by atoms with Crippen LogP contribution in [0, 0.1) is 13.8 Å². The molecule has 0 atom stereocenters. The molecule has 1 aromatic heterocycles. The largest absolute Gasteiger partial charge is 0.439 e. The van der Waals surface area contributed by atoms with Gasteiger partial charge in [0.1, 0.15) is 16.7 Å². The third-order valence-electron chi connectivity index (χ3n) is 3.94. The predicted molar refractivity (Wildman–Crippen MR) is 108 cm³/mol. The topological polar surface area (TPSA) is 50.6 Å². The van der Waals surface area contributed by atoms with Gasteiger partial charge in [0.05, 0.1) is 12.0 Å². The van der Waals surface area contributed by atoms with E-state index in [0.717, 1.165) is 29.1 Å². The maximum Gasteiger partial charge on any atom is 0.224 e. The molecule has 0 unspecified atom stereocenters. The normalized spacial score (nSPS) is 11.8. The number of aromatic nitrogens is 2. The average molecular weight is 375 g/mol. The fraction of sp³-hybridized carbons (Fsp3) is 0.450. The third kappa shape index (κ3) is 5.18. The highest BCUT2D eigenvalue weighted by molar-refractivity contribution is 6.29. The Morgan fingerprint density at radius 2 is 1.85 bits per heavy atom. The van der Waals surface area contributed by atoms with E-state index in [-0.39, 0.29) is 5.41 Å². The molecular formula is C20H27ClN4O. The van der Waals surface area contributed by atoms with Crippen LogP contribution in [-0.2, 0) is 5.41 Å². The third-order valence-corrected chi connectivity index (χ3v) is 4.14. The van der Waals surface area contributed by atoms with Crippen LogP contribution >= 0.6 is 11.6 Å². The monoisotopic (exact) mass is 374 g/mol. The average Bonchev–Trinajstić information content (AvgIpc) is 2.55. The lowest BCUT2D eigenvalue weighted by atomic mass is 9.96. The number of aliphatic imine (C=N–C) groups is 1. The number of nitrogens with zero attached hydrogens (tertiary/aromatic N) is 4. The minimum absolute atomic E-state index is 0.210. The summed E-state index contributed by atoms with van der Waals surface area (Å²) < 4.78 is 6.01. The second kappa shape index (κ2) is 8.04. The molecule has 0 saturated heterocycles. The van der Waals surface area contributed by atoms with Gasteiger partial charge in [0.15, 0.2) is 0 Å². The van der Waals surface area contributed by atoms with Crippen LogP contribution < -0.4 is 4.74 Å². The van der Waals surface area contributed by atoms with Gasteiger partial charge in [0, 0.05) is 25.1 Å². The Hall–Kier alpha value is -2.14. The summed E-state index contributed by atoms with van der Waals surface area (Å²) in [5.74, 6) is 1.83. The van der Waals surface area contributed by atoms with Crippen molar-refractivity contribution < 1.29 is 4.74 Å². The molecule has 0 saturated carbocycles. The van der Waals surface area contributed by atoms with Gasteiger partial charge in [0.25, 0.3) is 0 Å². The standard InChI is InChI=1S/C20H27ClN4O/c1-8-25(7)12-22-15-9-14(3)16(10-13(15)2)26-18-11-17(21)23-19(24-18)20(4,5)6/h9-12H,8H2,1-7H3. The molecule has 5 nitrogen and oxygen atoms in total. The van der Waals surface area contributed by atoms with Gasteiger partial charge in [-0.3, -0.25) is 0 Å². The first-order valence-electron chi connectivity index (χ1n) is 8.68. The lowest BCUT2D eigenvalue weighted by molar-refractivity contribution is 0.443. The summed E-state index contributed by atoms with van der Waals surface area (Å²) in [6, 6.07) is 5.62. The highest BCUT2D eigenvalue weighted by Gasteiger charge is 2.19. The number of benzene rings is 1. The molecule has 140 valence electrons. The molecule has 2 rings (SSSR count). The molecule has 0 aliphatic heterocycles. The summed E-state index contributed by atoms with van der Waals surface area (Å²) >= 11 is 6.15. The summed E-state index contributed by atoms with van der Waals surface area (Å²) in [6.45, 7) is 13.1. The molecule has 1 heterocycles. The SMILES string of the molecule is CCN(C)C=Nc1cc(C)c(Oc2cc(Cl)nc(C(C)(C)C)n2)cc1C. The molecule has 2 aromatic rings. The highest BCUT2D eigenvalue weighted by Crippen LogP contribution is 2.32. The zero-order valence-electron chi connectivity index (χ0n) is 16.6. The summed E-state index contributed by atoms with van der Waals surface area (Å²) in [6.07, 6.45) is 1.84. The number of ether oxygens (including phenoxy) is 1. The summed E-state index contributed by atoms with van der Waals surface area (Å²) in [5, 5.41) is 0.373. The van der Waals surface area contributed by atoms with E-state index in [2.05, 4.69) is 21.9 Å². The molecule has 0 fully saturated rings. The Bertz CT molecular complexity index is 812. The highest BCUT2D eigenvalue weighted by atomic mass is 35.5. The molecule has 0 N–H and O–H groups in total. The molecule has 0 bridgehead atoms. The van der Waals surface area contributed by atoms with E-state index < -0.39 is 0 Å². The number of rotatable bonds is 5. The molecule has 0 radical (unpaired) electrons.